The van der Waals surface area contributed by atoms with Crippen LogP contribution in [0.3, 0.4) is 0 Å². The Kier molecular flexibility index (Phi) is 7.13. The lowest BCUT2D eigenvalue weighted by Crippen LogP contribution is -2.19. The number of hydrazone groups is 1. The summed E-state index contributed by atoms with van der Waals surface area (Å²) in [6.07, 6.45) is -3.03. The van der Waals surface area contributed by atoms with Crippen LogP contribution in [-0.2, 0) is 17.4 Å². The Morgan fingerprint density at radius 2 is 2.10 bits per heavy atom. The van der Waals surface area contributed by atoms with Crippen LogP contribution < -0.4 is 15.5 Å². The lowest BCUT2D eigenvalue weighted by Gasteiger charge is -2.08. The summed E-state index contributed by atoms with van der Waals surface area (Å²) < 4.78 is 43.5. The number of alkyl halides is 3. The fraction of sp³-hybridized carbons (Fsp3) is 0.150. The molecule has 162 valence electrons. The van der Waals surface area contributed by atoms with Crippen molar-refractivity contribution in [2.24, 2.45) is 5.10 Å². The van der Waals surface area contributed by atoms with Gasteiger partial charge in [-0.25, -0.2) is 10.4 Å². The van der Waals surface area contributed by atoms with Gasteiger partial charge in [0.2, 0.25) is 5.91 Å². The number of hydrogen-bond acceptors (Lipinski definition) is 6. The molecule has 2 aromatic carbocycles. The van der Waals surface area contributed by atoms with Gasteiger partial charge >= 0.3 is 6.18 Å². The van der Waals surface area contributed by atoms with Gasteiger partial charge in [-0.3, -0.25) is 4.79 Å². The number of halogens is 4. The third kappa shape index (κ3) is 6.43. The highest BCUT2D eigenvalue weighted by molar-refractivity contribution is 7.13. The van der Waals surface area contributed by atoms with E-state index in [1.54, 1.807) is 23.6 Å². The molecule has 6 nitrogen and oxygen atoms in total. The van der Waals surface area contributed by atoms with Gasteiger partial charge in [-0.2, -0.15) is 18.3 Å². The fourth-order valence-electron chi connectivity index (χ4n) is 2.49. The van der Waals surface area contributed by atoms with E-state index in [0.717, 1.165) is 12.1 Å². The Labute approximate surface area is 184 Å². The number of ether oxygens (including phenoxy) is 1. The molecule has 0 aliphatic carbocycles. The van der Waals surface area contributed by atoms with Gasteiger partial charge in [0.1, 0.15) is 5.75 Å². The second-order valence-electron chi connectivity index (χ2n) is 6.21. The number of nitrogens with zero attached hydrogens (tertiary/aromatic N) is 2. The molecule has 0 aliphatic heterocycles. The van der Waals surface area contributed by atoms with Gasteiger partial charge in [-0.05, 0) is 42.0 Å². The van der Waals surface area contributed by atoms with Crippen LogP contribution in [0, 0.1) is 0 Å². The maximum absolute atomic E-state index is 12.8. The molecule has 1 heterocycles. The number of carbonyl (C=O) groups is 1. The van der Waals surface area contributed by atoms with Crippen LogP contribution in [-0.4, -0.2) is 24.2 Å². The Hall–Kier alpha value is -3.11. The Balaban J connectivity index is 1.55. The standard InChI is InChI=1S/C20H16ClF3N4O2S/c1-30-17-6-5-12(7-16(17)21)10-25-28-18(29)9-15-11-31-19(27-15)26-14-4-2-3-13(8-14)20(22,23)24/h2-8,10-11H,9H2,1H3,(H,26,27)(H,28,29)/b25-10+. The summed E-state index contributed by atoms with van der Waals surface area (Å²) in [4.78, 5) is 16.3. The number of thiazole rings is 1. The number of amides is 1. The van der Waals surface area contributed by atoms with Crippen LogP contribution in [0.15, 0.2) is 52.9 Å². The summed E-state index contributed by atoms with van der Waals surface area (Å²) in [6, 6.07) is 9.84. The first kappa shape index (κ1) is 22.6. The number of hydrogen-bond donors (Lipinski definition) is 2. The Bertz CT molecular complexity index is 1100. The first-order chi connectivity index (χ1) is 14.7. The number of aromatic nitrogens is 1. The Morgan fingerprint density at radius 1 is 1.29 bits per heavy atom. The third-order valence-electron chi connectivity index (χ3n) is 3.91. The van der Waals surface area contributed by atoms with Crippen molar-refractivity contribution >= 4 is 45.9 Å². The highest BCUT2D eigenvalue weighted by atomic mass is 35.5. The molecule has 3 aromatic rings. The van der Waals surface area contributed by atoms with Crippen LogP contribution in [0.1, 0.15) is 16.8 Å². The van der Waals surface area contributed by atoms with Crippen molar-refractivity contribution < 1.29 is 22.7 Å². The van der Waals surface area contributed by atoms with E-state index in [0.29, 0.717) is 27.2 Å². The molecule has 11 heteroatoms. The minimum absolute atomic E-state index is 0.0402. The number of anilines is 2. The van der Waals surface area contributed by atoms with Crippen molar-refractivity contribution in [1.82, 2.24) is 10.4 Å². The van der Waals surface area contributed by atoms with Gasteiger partial charge in [-0.1, -0.05) is 17.7 Å². The predicted octanol–water partition coefficient (Wildman–Crippen LogP) is 5.26. The topological polar surface area (TPSA) is 75.6 Å². The predicted molar refractivity (Wildman–Crippen MR) is 114 cm³/mol. The molecule has 1 aromatic heterocycles. The molecule has 0 spiro atoms. The third-order valence-corrected chi connectivity index (χ3v) is 5.02. The van der Waals surface area contributed by atoms with E-state index in [-0.39, 0.29) is 12.1 Å². The molecule has 2 N–H and O–H groups in total. The second kappa shape index (κ2) is 9.80. The number of benzene rings is 2. The average molecular weight is 469 g/mol. The van der Waals surface area contributed by atoms with Crippen molar-refractivity contribution in [3.63, 3.8) is 0 Å². The van der Waals surface area contributed by atoms with E-state index in [1.165, 1.54) is 36.8 Å². The highest BCUT2D eigenvalue weighted by Gasteiger charge is 2.30. The molecule has 0 fully saturated rings. The molecule has 3 rings (SSSR count). The van der Waals surface area contributed by atoms with Crippen LogP contribution in [0.2, 0.25) is 5.02 Å². The van der Waals surface area contributed by atoms with Crippen molar-refractivity contribution in [2.75, 3.05) is 12.4 Å². The Morgan fingerprint density at radius 3 is 2.81 bits per heavy atom. The van der Waals surface area contributed by atoms with Crippen LogP contribution >= 0.6 is 22.9 Å². The van der Waals surface area contributed by atoms with Crippen molar-refractivity contribution in [2.45, 2.75) is 12.6 Å². The summed E-state index contributed by atoms with van der Waals surface area (Å²) in [5.74, 6) is 0.132. The first-order valence-electron chi connectivity index (χ1n) is 8.79. The molecule has 0 atom stereocenters. The van der Waals surface area contributed by atoms with E-state index < -0.39 is 17.6 Å². The van der Waals surface area contributed by atoms with Gasteiger partial charge in [0.05, 0.1) is 36.0 Å². The lowest BCUT2D eigenvalue weighted by molar-refractivity contribution is -0.137. The highest BCUT2D eigenvalue weighted by Crippen LogP contribution is 2.31. The van der Waals surface area contributed by atoms with Crippen LogP contribution in [0.4, 0.5) is 24.0 Å². The number of carbonyl (C=O) groups excluding carboxylic acids is 1. The molecule has 0 saturated carbocycles. The maximum atomic E-state index is 12.8. The van der Waals surface area contributed by atoms with Crippen molar-refractivity contribution in [3.8, 4) is 5.75 Å². The zero-order valence-electron chi connectivity index (χ0n) is 16.0. The largest absolute Gasteiger partial charge is 0.495 e. The quantitative estimate of drug-likeness (QED) is 0.366. The molecular weight excluding hydrogens is 453 g/mol. The SMILES string of the molecule is COc1ccc(/C=N/NC(=O)Cc2csc(Nc3cccc(C(F)(F)F)c3)n2)cc1Cl. The van der Waals surface area contributed by atoms with E-state index in [4.69, 9.17) is 16.3 Å². The summed E-state index contributed by atoms with van der Waals surface area (Å²) in [5, 5.41) is 9.12. The molecule has 31 heavy (non-hydrogen) atoms. The van der Waals surface area contributed by atoms with E-state index in [2.05, 4.69) is 20.8 Å². The second-order valence-corrected chi connectivity index (χ2v) is 7.48. The zero-order valence-corrected chi connectivity index (χ0v) is 17.6. The smallest absolute Gasteiger partial charge is 0.416 e. The van der Waals surface area contributed by atoms with Crippen LogP contribution in [0.5, 0.6) is 5.75 Å². The molecule has 0 unspecified atom stereocenters. The van der Waals surface area contributed by atoms with Crippen LogP contribution in [0.25, 0.3) is 0 Å². The summed E-state index contributed by atoms with van der Waals surface area (Å²) in [6.45, 7) is 0. The number of nitrogens with one attached hydrogen (secondary N) is 2. The number of rotatable bonds is 7. The summed E-state index contributed by atoms with van der Waals surface area (Å²) in [7, 11) is 1.51. The fourth-order valence-corrected chi connectivity index (χ4v) is 3.48. The van der Waals surface area contributed by atoms with Gasteiger partial charge in [0, 0.05) is 11.1 Å². The van der Waals surface area contributed by atoms with E-state index in [9.17, 15) is 18.0 Å². The van der Waals surface area contributed by atoms with Gasteiger partial charge in [0.15, 0.2) is 5.13 Å². The van der Waals surface area contributed by atoms with E-state index >= 15 is 0 Å². The lowest BCUT2D eigenvalue weighted by atomic mass is 10.2. The van der Waals surface area contributed by atoms with Gasteiger partial charge in [-0.15, -0.1) is 11.3 Å². The van der Waals surface area contributed by atoms with Crippen molar-refractivity contribution in [1.29, 1.82) is 0 Å². The average Bonchev–Trinajstić information content (AvgIpc) is 3.14. The van der Waals surface area contributed by atoms with Gasteiger partial charge in [0.25, 0.3) is 0 Å². The molecule has 0 aliphatic rings. The normalized spacial score (nSPS) is 11.5. The minimum atomic E-state index is -4.43. The van der Waals surface area contributed by atoms with Gasteiger partial charge < -0.3 is 10.1 Å². The summed E-state index contributed by atoms with van der Waals surface area (Å²) >= 11 is 7.20. The minimum Gasteiger partial charge on any atom is -0.495 e. The monoisotopic (exact) mass is 468 g/mol. The molecule has 0 bridgehead atoms. The summed E-state index contributed by atoms with van der Waals surface area (Å²) in [5.41, 5.74) is 3.01. The molecular formula is C20H16ClF3N4O2S. The maximum Gasteiger partial charge on any atom is 0.416 e. The zero-order chi connectivity index (χ0) is 22.4. The van der Waals surface area contributed by atoms with E-state index in [1.807, 2.05) is 0 Å². The van der Waals surface area contributed by atoms with Crippen molar-refractivity contribution in [3.05, 3.63) is 69.7 Å². The molecule has 0 radical (unpaired) electrons. The first-order valence-corrected chi connectivity index (χ1v) is 10.0. The molecule has 0 saturated heterocycles. The molecule has 1 amide bonds. The number of methoxy groups -OCH3 is 1.